The molecule has 0 bridgehead atoms. The normalized spacial score (nSPS) is 11.8. The van der Waals surface area contributed by atoms with E-state index in [-0.39, 0.29) is 18.0 Å². The van der Waals surface area contributed by atoms with Gasteiger partial charge in [-0.25, -0.2) is 17.5 Å². The van der Waals surface area contributed by atoms with Crippen molar-refractivity contribution in [1.29, 1.82) is 0 Å². The van der Waals surface area contributed by atoms with Crippen LogP contribution in [0.5, 0.6) is 0 Å². The summed E-state index contributed by atoms with van der Waals surface area (Å²) in [6.07, 6.45) is 0. The van der Waals surface area contributed by atoms with Crippen molar-refractivity contribution in [3.8, 4) is 0 Å². The summed E-state index contributed by atoms with van der Waals surface area (Å²) in [4.78, 5) is 1.67. The van der Waals surface area contributed by atoms with Crippen LogP contribution in [0, 0.1) is 19.7 Å². The van der Waals surface area contributed by atoms with E-state index in [1.807, 2.05) is 19.9 Å². The third-order valence-electron chi connectivity index (χ3n) is 3.17. The van der Waals surface area contributed by atoms with Gasteiger partial charge in [-0.3, -0.25) is 0 Å². The van der Waals surface area contributed by atoms with Crippen LogP contribution in [0.1, 0.15) is 20.9 Å². The predicted molar refractivity (Wildman–Crippen MR) is 82.1 cm³/mol. The number of thiophene rings is 1. The summed E-state index contributed by atoms with van der Waals surface area (Å²) >= 11 is 1.52. The third-order valence-corrected chi connectivity index (χ3v) is 5.74. The van der Waals surface area contributed by atoms with Gasteiger partial charge in [0.1, 0.15) is 10.7 Å². The van der Waals surface area contributed by atoms with Gasteiger partial charge in [0.15, 0.2) is 0 Å². The summed E-state index contributed by atoms with van der Waals surface area (Å²) in [6, 6.07) is 5.79. The average Bonchev–Trinajstić information content (AvgIpc) is 2.76. The summed E-state index contributed by atoms with van der Waals surface area (Å²) in [7, 11) is -3.90. The lowest BCUT2D eigenvalue weighted by atomic mass is 10.2. The second kappa shape index (κ2) is 6.23. The Kier molecular flexibility index (Phi) is 4.77. The van der Waals surface area contributed by atoms with Crippen molar-refractivity contribution in [3.63, 3.8) is 0 Å². The molecule has 2 rings (SSSR count). The van der Waals surface area contributed by atoms with E-state index >= 15 is 0 Å². The van der Waals surface area contributed by atoms with E-state index in [1.54, 1.807) is 0 Å². The largest absolute Gasteiger partial charge is 0.326 e. The number of nitrogens with two attached hydrogens (primary N) is 1. The lowest BCUT2D eigenvalue weighted by Crippen LogP contribution is -2.24. The molecule has 0 aliphatic rings. The minimum atomic E-state index is -3.90. The smallest absolute Gasteiger partial charge is 0.243 e. The van der Waals surface area contributed by atoms with Crippen molar-refractivity contribution in [2.75, 3.05) is 0 Å². The van der Waals surface area contributed by atoms with E-state index in [0.29, 0.717) is 5.56 Å². The topological polar surface area (TPSA) is 72.2 Å². The van der Waals surface area contributed by atoms with Crippen molar-refractivity contribution in [1.82, 2.24) is 4.72 Å². The summed E-state index contributed by atoms with van der Waals surface area (Å²) in [5, 5.41) is 0. The maximum absolute atomic E-state index is 13.7. The molecule has 4 nitrogen and oxygen atoms in total. The van der Waals surface area contributed by atoms with Crippen molar-refractivity contribution < 1.29 is 12.8 Å². The summed E-state index contributed by atoms with van der Waals surface area (Å²) in [5.41, 5.74) is 7.15. The Balaban J connectivity index is 2.22. The maximum atomic E-state index is 13.7. The number of halogens is 1. The highest BCUT2D eigenvalue weighted by Crippen LogP contribution is 2.22. The number of benzene rings is 1. The van der Waals surface area contributed by atoms with Gasteiger partial charge in [0.25, 0.3) is 0 Å². The molecule has 2 aromatic rings. The van der Waals surface area contributed by atoms with Gasteiger partial charge >= 0.3 is 0 Å². The van der Waals surface area contributed by atoms with Gasteiger partial charge in [-0.2, -0.15) is 0 Å². The van der Waals surface area contributed by atoms with Crippen LogP contribution in [0.4, 0.5) is 4.39 Å². The van der Waals surface area contributed by atoms with Gasteiger partial charge in [0, 0.05) is 22.8 Å². The van der Waals surface area contributed by atoms with Gasteiger partial charge in [-0.1, -0.05) is 6.07 Å². The fourth-order valence-corrected chi connectivity index (χ4v) is 4.08. The van der Waals surface area contributed by atoms with Crippen molar-refractivity contribution in [2.45, 2.75) is 31.8 Å². The number of hydrogen-bond donors (Lipinski definition) is 2. The van der Waals surface area contributed by atoms with Crippen LogP contribution in [-0.4, -0.2) is 8.42 Å². The van der Waals surface area contributed by atoms with Crippen LogP contribution in [0.25, 0.3) is 0 Å². The Morgan fingerprint density at radius 1 is 1.29 bits per heavy atom. The monoisotopic (exact) mass is 328 g/mol. The minimum Gasteiger partial charge on any atom is -0.326 e. The second-order valence-electron chi connectivity index (χ2n) is 4.75. The van der Waals surface area contributed by atoms with Crippen LogP contribution in [0.2, 0.25) is 0 Å². The molecule has 114 valence electrons. The molecule has 3 N–H and O–H groups in total. The summed E-state index contributed by atoms with van der Waals surface area (Å²) in [5.74, 6) is -0.779. The van der Waals surface area contributed by atoms with Gasteiger partial charge < -0.3 is 5.73 Å². The van der Waals surface area contributed by atoms with Crippen LogP contribution in [0.3, 0.4) is 0 Å². The third kappa shape index (κ3) is 3.68. The van der Waals surface area contributed by atoms with Crippen LogP contribution < -0.4 is 10.5 Å². The lowest BCUT2D eigenvalue weighted by Gasteiger charge is -2.08. The quantitative estimate of drug-likeness (QED) is 0.885. The Hall–Kier alpha value is -1.28. The number of sulfonamides is 1. The number of nitrogens with one attached hydrogen (secondary N) is 1. The van der Waals surface area contributed by atoms with E-state index in [2.05, 4.69) is 4.72 Å². The standard InChI is InChI=1S/C14H17FN2O2S2/c1-9-5-12(20-10(9)2)8-17-21(18,19)14-6-11(7-16)3-4-13(14)15/h3-6,17H,7-8,16H2,1-2H3. The average molecular weight is 328 g/mol. The highest BCUT2D eigenvalue weighted by molar-refractivity contribution is 7.89. The molecule has 1 heterocycles. The molecule has 21 heavy (non-hydrogen) atoms. The molecule has 0 aliphatic heterocycles. The van der Waals surface area contributed by atoms with Crippen molar-refractivity contribution >= 4 is 21.4 Å². The van der Waals surface area contributed by atoms with E-state index in [0.717, 1.165) is 21.4 Å². The van der Waals surface area contributed by atoms with E-state index in [4.69, 9.17) is 5.73 Å². The molecule has 1 aromatic carbocycles. The Morgan fingerprint density at radius 3 is 2.57 bits per heavy atom. The zero-order chi connectivity index (χ0) is 15.6. The Bertz CT molecular complexity index is 735. The van der Waals surface area contributed by atoms with Gasteiger partial charge in [0.2, 0.25) is 10.0 Å². The molecule has 0 saturated heterocycles. The van der Waals surface area contributed by atoms with Crippen molar-refractivity contribution in [3.05, 3.63) is 51.0 Å². The van der Waals surface area contributed by atoms with Gasteiger partial charge in [0.05, 0.1) is 0 Å². The minimum absolute atomic E-state index is 0.147. The predicted octanol–water partition coefficient (Wildman–Crippen LogP) is 2.44. The first kappa shape index (κ1) is 16.1. The molecule has 1 aromatic heterocycles. The molecule has 0 atom stereocenters. The Morgan fingerprint density at radius 2 is 2.00 bits per heavy atom. The second-order valence-corrected chi connectivity index (χ2v) is 7.82. The van der Waals surface area contributed by atoms with E-state index < -0.39 is 15.8 Å². The first-order valence-electron chi connectivity index (χ1n) is 6.37. The van der Waals surface area contributed by atoms with Crippen LogP contribution in [-0.2, 0) is 23.1 Å². The molecule has 0 spiro atoms. The SMILES string of the molecule is Cc1cc(CNS(=O)(=O)c2cc(CN)ccc2F)sc1C. The van der Waals surface area contributed by atoms with Crippen LogP contribution >= 0.6 is 11.3 Å². The fraction of sp³-hybridized carbons (Fsp3) is 0.286. The molecule has 0 aliphatic carbocycles. The maximum Gasteiger partial charge on any atom is 0.243 e. The zero-order valence-corrected chi connectivity index (χ0v) is 13.4. The lowest BCUT2D eigenvalue weighted by molar-refractivity contribution is 0.556. The summed E-state index contributed by atoms with van der Waals surface area (Å²) in [6.45, 7) is 4.25. The highest BCUT2D eigenvalue weighted by atomic mass is 32.2. The van der Waals surface area contributed by atoms with Gasteiger partial charge in [-0.15, -0.1) is 11.3 Å². The number of aryl methyl sites for hydroxylation is 2. The first-order valence-corrected chi connectivity index (χ1v) is 8.67. The molecule has 0 radical (unpaired) electrons. The van der Waals surface area contributed by atoms with E-state index in [9.17, 15) is 12.8 Å². The first-order chi connectivity index (χ1) is 9.83. The number of hydrogen-bond acceptors (Lipinski definition) is 4. The fourth-order valence-electron chi connectivity index (χ4n) is 1.86. The zero-order valence-electron chi connectivity index (χ0n) is 11.8. The molecule has 0 fully saturated rings. The number of rotatable bonds is 5. The molecule has 7 heteroatoms. The molecule has 0 amide bonds. The van der Waals surface area contributed by atoms with Crippen LogP contribution in [0.15, 0.2) is 29.2 Å². The summed E-state index contributed by atoms with van der Waals surface area (Å²) < 4.78 is 40.6. The molecular formula is C14H17FN2O2S2. The Labute approximate surface area is 127 Å². The van der Waals surface area contributed by atoms with E-state index in [1.165, 1.54) is 23.5 Å². The van der Waals surface area contributed by atoms with Crippen molar-refractivity contribution in [2.24, 2.45) is 5.73 Å². The highest BCUT2D eigenvalue weighted by Gasteiger charge is 2.19. The van der Waals surface area contributed by atoms with Gasteiger partial charge in [-0.05, 0) is 43.2 Å². The molecule has 0 unspecified atom stereocenters. The molecule has 0 saturated carbocycles. The molecular weight excluding hydrogens is 311 g/mol.